The third-order valence-electron chi connectivity index (χ3n) is 3.16. The van der Waals surface area contributed by atoms with Crippen molar-refractivity contribution in [3.8, 4) is 0 Å². The summed E-state index contributed by atoms with van der Waals surface area (Å²) < 4.78 is 10.6. The van der Waals surface area contributed by atoms with Crippen molar-refractivity contribution < 1.29 is 13.9 Å². The Kier molecular flexibility index (Phi) is 1.74. The van der Waals surface area contributed by atoms with Crippen LogP contribution >= 0.6 is 0 Å². The van der Waals surface area contributed by atoms with Gasteiger partial charge in [-0.3, -0.25) is 4.79 Å². The van der Waals surface area contributed by atoms with Gasteiger partial charge >= 0.3 is 0 Å². The quantitative estimate of drug-likeness (QED) is 0.672. The number of rotatable bonds is 2. The first-order valence-corrected chi connectivity index (χ1v) is 5.07. The van der Waals surface area contributed by atoms with Crippen LogP contribution in [0.4, 0.5) is 0 Å². The number of ketones is 1. The van der Waals surface area contributed by atoms with E-state index >= 15 is 0 Å². The monoisotopic (exact) mass is 192 g/mol. The number of fused-ring (bicyclic) bond motifs is 1. The average molecular weight is 192 g/mol. The molecule has 1 aromatic rings. The maximum atomic E-state index is 11.9. The lowest BCUT2D eigenvalue weighted by molar-refractivity contribution is 0.0702. The molecule has 0 bridgehead atoms. The second kappa shape index (κ2) is 2.95. The summed E-state index contributed by atoms with van der Waals surface area (Å²) >= 11 is 0. The fourth-order valence-corrected chi connectivity index (χ4v) is 2.38. The van der Waals surface area contributed by atoms with Crippen LogP contribution in [-0.4, -0.2) is 18.5 Å². The Hall–Kier alpha value is -1.09. The van der Waals surface area contributed by atoms with Gasteiger partial charge in [-0.1, -0.05) is 0 Å². The van der Waals surface area contributed by atoms with Crippen LogP contribution in [0.25, 0.3) is 0 Å². The van der Waals surface area contributed by atoms with Gasteiger partial charge in [-0.05, 0) is 30.9 Å². The molecular weight excluding hydrogens is 180 g/mol. The molecule has 1 saturated heterocycles. The maximum absolute atomic E-state index is 11.9. The Balaban J connectivity index is 1.76. The molecular formula is C11H12O3. The number of furan rings is 1. The van der Waals surface area contributed by atoms with E-state index in [-0.39, 0.29) is 17.8 Å². The highest BCUT2D eigenvalue weighted by Crippen LogP contribution is 2.49. The highest BCUT2D eigenvalue weighted by molar-refractivity contribution is 5.98. The zero-order chi connectivity index (χ0) is 9.54. The van der Waals surface area contributed by atoms with Crippen molar-refractivity contribution in [1.82, 2.24) is 0 Å². The van der Waals surface area contributed by atoms with E-state index in [0.717, 1.165) is 19.4 Å². The Morgan fingerprint density at radius 2 is 2.43 bits per heavy atom. The lowest BCUT2D eigenvalue weighted by Gasteiger charge is -2.07. The molecule has 3 heteroatoms. The van der Waals surface area contributed by atoms with Crippen LogP contribution in [-0.2, 0) is 4.74 Å². The molecule has 74 valence electrons. The second-order valence-corrected chi connectivity index (χ2v) is 4.01. The van der Waals surface area contributed by atoms with Crippen molar-refractivity contribution in [2.24, 2.45) is 11.8 Å². The molecule has 0 radical (unpaired) electrons. The van der Waals surface area contributed by atoms with Crippen molar-refractivity contribution in [2.45, 2.75) is 18.9 Å². The fourth-order valence-electron chi connectivity index (χ4n) is 2.38. The largest absolute Gasteiger partial charge is 0.461 e. The third kappa shape index (κ3) is 1.12. The lowest BCUT2D eigenvalue weighted by Crippen LogP contribution is -2.07. The van der Waals surface area contributed by atoms with E-state index in [4.69, 9.17) is 9.15 Å². The topological polar surface area (TPSA) is 39.4 Å². The zero-order valence-corrected chi connectivity index (χ0v) is 7.81. The molecule has 2 fully saturated rings. The molecule has 3 atom stereocenters. The van der Waals surface area contributed by atoms with E-state index in [1.54, 1.807) is 18.4 Å². The van der Waals surface area contributed by atoms with Gasteiger partial charge in [0.1, 0.15) is 0 Å². The molecule has 1 saturated carbocycles. The van der Waals surface area contributed by atoms with Crippen LogP contribution in [0.5, 0.6) is 0 Å². The molecule has 0 amide bonds. The molecule has 1 aliphatic carbocycles. The molecule has 1 aromatic heterocycles. The molecule has 2 heterocycles. The second-order valence-electron chi connectivity index (χ2n) is 4.01. The highest BCUT2D eigenvalue weighted by Gasteiger charge is 2.57. The average Bonchev–Trinajstić information content (AvgIpc) is 2.70. The summed E-state index contributed by atoms with van der Waals surface area (Å²) in [6.45, 7) is 0.809. The van der Waals surface area contributed by atoms with E-state index in [2.05, 4.69) is 0 Å². The number of carbonyl (C=O) groups is 1. The molecule has 0 spiro atoms. The number of hydrogen-bond donors (Lipinski definition) is 0. The number of hydrogen-bond acceptors (Lipinski definition) is 3. The molecule has 0 N–H and O–H groups in total. The van der Waals surface area contributed by atoms with Gasteiger partial charge in [0.15, 0.2) is 5.76 Å². The summed E-state index contributed by atoms with van der Waals surface area (Å²) in [5, 5.41) is 0. The minimum absolute atomic E-state index is 0.0728. The summed E-state index contributed by atoms with van der Waals surface area (Å²) in [7, 11) is 0. The minimum atomic E-state index is 0.0728. The summed E-state index contributed by atoms with van der Waals surface area (Å²) in [5.74, 6) is 1.13. The number of Topliss-reactive ketones (excluding diaryl/α,β-unsaturated/α-hetero) is 1. The summed E-state index contributed by atoms with van der Waals surface area (Å²) in [4.78, 5) is 11.9. The van der Waals surface area contributed by atoms with Gasteiger partial charge in [0, 0.05) is 6.61 Å². The molecule has 3 unspecified atom stereocenters. The molecule has 3 nitrogen and oxygen atoms in total. The Labute approximate surface area is 82.0 Å². The van der Waals surface area contributed by atoms with Crippen molar-refractivity contribution in [2.75, 3.05) is 6.61 Å². The SMILES string of the molecule is O=C(c1ccco1)C1C2CCCOC21. The Morgan fingerprint density at radius 1 is 1.50 bits per heavy atom. The van der Waals surface area contributed by atoms with Crippen molar-refractivity contribution in [1.29, 1.82) is 0 Å². The van der Waals surface area contributed by atoms with Crippen LogP contribution in [0.3, 0.4) is 0 Å². The van der Waals surface area contributed by atoms with Gasteiger partial charge in [-0.2, -0.15) is 0 Å². The normalized spacial score (nSPS) is 35.0. The van der Waals surface area contributed by atoms with Crippen LogP contribution < -0.4 is 0 Å². The molecule has 1 aliphatic heterocycles. The zero-order valence-electron chi connectivity index (χ0n) is 7.81. The van der Waals surface area contributed by atoms with Crippen molar-refractivity contribution >= 4 is 5.78 Å². The van der Waals surface area contributed by atoms with Crippen molar-refractivity contribution in [3.05, 3.63) is 24.2 Å². The first-order valence-electron chi connectivity index (χ1n) is 5.07. The minimum Gasteiger partial charge on any atom is -0.461 e. The summed E-state index contributed by atoms with van der Waals surface area (Å²) in [5.41, 5.74) is 0. The van der Waals surface area contributed by atoms with Crippen LogP contribution in [0, 0.1) is 11.8 Å². The number of carbonyl (C=O) groups excluding carboxylic acids is 1. The van der Waals surface area contributed by atoms with E-state index in [9.17, 15) is 4.79 Å². The molecule has 3 rings (SSSR count). The smallest absolute Gasteiger partial charge is 0.204 e. The van der Waals surface area contributed by atoms with Gasteiger partial charge in [0.05, 0.1) is 18.3 Å². The van der Waals surface area contributed by atoms with E-state index in [1.165, 1.54) is 0 Å². The fraction of sp³-hybridized carbons (Fsp3) is 0.545. The van der Waals surface area contributed by atoms with Crippen LogP contribution in [0.1, 0.15) is 23.4 Å². The summed E-state index contributed by atoms with van der Waals surface area (Å²) in [6.07, 6.45) is 3.94. The number of ether oxygens (including phenoxy) is 1. The third-order valence-corrected chi connectivity index (χ3v) is 3.16. The molecule has 0 aromatic carbocycles. The Bertz CT molecular complexity index is 329. The van der Waals surface area contributed by atoms with E-state index in [0.29, 0.717) is 11.7 Å². The van der Waals surface area contributed by atoms with Gasteiger partial charge in [-0.15, -0.1) is 0 Å². The first-order chi connectivity index (χ1) is 6.88. The highest BCUT2D eigenvalue weighted by atomic mass is 16.5. The standard InChI is InChI=1S/C11H12O3/c12-10(8-4-2-5-13-8)9-7-3-1-6-14-11(7)9/h2,4-5,7,9,11H,1,3,6H2. The molecule has 14 heavy (non-hydrogen) atoms. The first kappa shape index (κ1) is 8.24. The predicted molar refractivity (Wildman–Crippen MR) is 49.0 cm³/mol. The van der Waals surface area contributed by atoms with E-state index in [1.807, 2.05) is 0 Å². The van der Waals surface area contributed by atoms with Gasteiger partial charge in [0.25, 0.3) is 0 Å². The maximum Gasteiger partial charge on any atom is 0.204 e. The van der Waals surface area contributed by atoms with E-state index < -0.39 is 0 Å². The Morgan fingerprint density at radius 3 is 3.07 bits per heavy atom. The lowest BCUT2D eigenvalue weighted by atomic mass is 10.1. The van der Waals surface area contributed by atoms with Crippen molar-refractivity contribution in [3.63, 3.8) is 0 Å². The predicted octanol–water partition coefficient (Wildman–Crippen LogP) is 1.89. The van der Waals surface area contributed by atoms with Gasteiger partial charge < -0.3 is 9.15 Å². The van der Waals surface area contributed by atoms with Gasteiger partial charge in [-0.25, -0.2) is 0 Å². The molecule has 2 aliphatic rings. The summed E-state index contributed by atoms with van der Waals surface area (Å²) in [6, 6.07) is 3.48. The van der Waals surface area contributed by atoms with Crippen LogP contribution in [0.2, 0.25) is 0 Å². The van der Waals surface area contributed by atoms with Crippen LogP contribution in [0.15, 0.2) is 22.8 Å². The van der Waals surface area contributed by atoms with Gasteiger partial charge in [0.2, 0.25) is 5.78 Å².